The largest absolute Gasteiger partial charge is 0.506 e. The molecule has 0 aliphatic heterocycles. The lowest BCUT2D eigenvalue weighted by Crippen LogP contribution is -2.18. The summed E-state index contributed by atoms with van der Waals surface area (Å²) in [6, 6.07) is 15.8. The van der Waals surface area contributed by atoms with Gasteiger partial charge in [-0.15, -0.1) is 0 Å². The van der Waals surface area contributed by atoms with Crippen LogP contribution in [0.2, 0.25) is 0 Å². The van der Waals surface area contributed by atoms with E-state index in [0.29, 0.717) is 13.0 Å². The molecule has 6 heteroatoms. The van der Waals surface area contributed by atoms with Crippen LogP contribution in [0.1, 0.15) is 5.56 Å². The molecule has 2 aromatic carbocycles. The van der Waals surface area contributed by atoms with Gasteiger partial charge in [-0.1, -0.05) is 30.3 Å². The Labute approximate surface area is 146 Å². The lowest BCUT2D eigenvalue weighted by Gasteiger charge is -2.08. The van der Waals surface area contributed by atoms with E-state index in [1.165, 1.54) is 12.3 Å². The molecule has 0 saturated carbocycles. The highest BCUT2D eigenvalue weighted by atomic mass is 16.5. The number of rotatable bonds is 7. The number of aromatic hydroxyl groups is 1. The highest BCUT2D eigenvalue weighted by Gasteiger charge is 2.11. The summed E-state index contributed by atoms with van der Waals surface area (Å²) >= 11 is 0. The number of anilines is 1. The van der Waals surface area contributed by atoms with Crippen molar-refractivity contribution in [3.05, 3.63) is 65.9 Å². The second-order valence-corrected chi connectivity index (χ2v) is 5.16. The number of phenols is 1. The summed E-state index contributed by atoms with van der Waals surface area (Å²) in [5.41, 5.74) is 1.20. The van der Waals surface area contributed by atoms with Gasteiger partial charge in [0.1, 0.15) is 23.1 Å². The predicted octanol–water partition coefficient (Wildman–Crippen LogP) is 2.58. The summed E-state index contributed by atoms with van der Waals surface area (Å²) in [6.45, 7) is 0.537. The quantitative estimate of drug-likeness (QED) is 0.312. The number of phenolic OH excluding ortho intramolecular Hbond substituents is 1. The Kier molecular flexibility index (Phi) is 6.43. The Morgan fingerprint density at radius 2 is 1.96 bits per heavy atom. The summed E-state index contributed by atoms with van der Waals surface area (Å²) in [6.07, 6.45) is 2.05. The van der Waals surface area contributed by atoms with Gasteiger partial charge in [0.25, 0.3) is 5.91 Å². The maximum atomic E-state index is 12.1. The zero-order valence-electron chi connectivity index (χ0n) is 13.8. The normalized spacial score (nSPS) is 10.6. The Morgan fingerprint density at radius 3 is 2.68 bits per heavy atom. The molecule has 0 radical (unpaired) electrons. The van der Waals surface area contributed by atoms with E-state index in [1.54, 1.807) is 25.3 Å². The zero-order chi connectivity index (χ0) is 18.1. The summed E-state index contributed by atoms with van der Waals surface area (Å²) in [5, 5.41) is 24.3. The summed E-state index contributed by atoms with van der Waals surface area (Å²) < 4.78 is 5.28. The van der Waals surface area contributed by atoms with Crippen LogP contribution in [0.5, 0.6) is 11.5 Å². The molecule has 3 N–H and O–H groups in total. The molecule has 0 aliphatic rings. The molecule has 128 valence electrons. The molecule has 0 heterocycles. The molecule has 2 rings (SSSR count). The van der Waals surface area contributed by atoms with Gasteiger partial charge in [0.2, 0.25) is 0 Å². The van der Waals surface area contributed by atoms with Crippen LogP contribution in [0.3, 0.4) is 0 Å². The van der Waals surface area contributed by atoms with Crippen LogP contribution >= 0.6 is 0 Å². The SMILES string of the molecule is COc1ccccc1CCN/C=C(/C#N)C(=O)Nc1ccccc1O. The summed E-state index contributed by atoms with van der Waals surface area (Å²) in [7, 11) is 1.61. The van der Waals surface area contributed by atoms with E-state index in [1.807, 2.05) is 30.3 Å². The molecule has 0 spiro atoms. The Bertz CT molecular complexity index is 810. The smallest absolute Gasteiger partial charge is 0.267 e. The van der Waals surface area contributed by atoms with Gasteiger partial charge in [-0.25, -0.2) is 0 Å². The second-order valence-electron chi connectivity index (χ2n) is 5.16. The van der Waals surface area contributed by atoms with E-state index in [4.69, 9.17) is 10.00 Å². The fourth-order valence-corrected chi connectivity index (χ4v) is 2.21. The number of para-hydroxylation sites is 3. The van der Waals surface area contributed by atoms with Gasteiger partial charge in [-0.2, -0.15) is 5.26 Å². The number of methoxy groups -OCH3 is 1. The van der Waals surface area contributed by atoms with Gasteiger partial charge in [0, 0.05) is 12.7 Å². The number of nitriles is 1. The highest BCUT2D eigenvalue weighted by Crippen LogP contribution is 2.22. The molecule has 0 aliphatic carbocycles. The lowest BCUT2D eigenvalue weighted by molar-refractivity contribution is -0.112. The third-order valence-electron chi connectivity index (χ3n) is 3.49. The van der Waals surface area contributed by atoms with Gasteiger partial charge in [-0.3, -0.25) is 4.79 Å². The van der Waals surface area contributed by atoms with Crippen molar-refractivity contribution in [3.8, 4) is 17.6 Å². The van der Waals surface area contributed by atoms with Crippen molar-refractivity contribution in [2.75, 3.05) is 19.0 Å². The molecule has 0 atom stereocenters. The highest BCUT2D eigenvalue weighted by molar-refractivity contribution is 6.07. The topological polar surface area (TPSA) is 94.4 Å². The van der Waals surface area contributed by atoms with Crippen LogP contribution in [0, 0.1) is 11.3 Å². The molecule has 0 saturated heterocycles. The van der Waals surface area contributed by atoms with Crippen LogP contribution < -0.4 is 15.4 Å². The van der Waals surface area contributed by atoms with E-state index >= 15 is 0 Å². The van der Waals surface area contributed by atoms with Crippen molar-refractivity contribution in [2.45, 2.75) is 6.42 Å². The van der Waals surface area contributed by atoms with Crippen molar-refractivity contribution in [1.82, 2.24) is 5.32 Å². The molecule has 25 heavy (non-hydrogen) atoms. The minimum atomic E-state index is -0.589. The van der Waals surface area contributed by atoms with Gasteiger partial charge in [-0.05, 0) is 30.2 Å². The van der Waals surface area contributed by atoms with E-state index in [2.05, 4.69) is 10.6 Å². The van der Waals surface area contributed by atoms with E-state index in [9.17, 15) is 9.90 Å². The fourth-order valence-electron chi connectivity index (χ4n) is 2.21. The number of amides is 1. The van der Waals surface area contributed by atoms with Crippen LogP contribution in [-0.2, 0) is 11.2 Å². The number of benzene rings is 2. The first-order valence-electron chi connectivity index (χ1n) is 7.70. The molecule has 2 aromatic rings. The van der Waals surface area contributed by atoms with Crippen molar-refractivity contribution in [3.63, 3.8) is 0 Å². The van der Waals surface area contributed by atoms with Gasteiger partial charge in [0.15, 0.2) is 0 Å². The molecular weight excluding hydrogens is 318 g/mol. The molecule has 0 fully saturated rings. The average Bonchev–Trinajstić information content (AvgIpc) is 2.64. The third kappa shape index (κ3) is 5.01. The van der Waals surface area contributed by atoms with E-state index in [-0.39, 0.29) is 17.0 Å². The maximum Gasteiger partial charge on any atom is 0.267 e. The molecule has 6 nitrogen and oxygen atoms in total. The van der Waals surface area contributed by atoms with Crippen LogP contribution in [0.15, 0.2) is 60.3 Å². The maximum absolute atomic E-state index is 12.1. The van der Waals surface area contributed by atoms with E-state index in [0.717, 1.165) is 11.3 Å². The number of carbonyl (C=O) groups excluding carboxylic acids is 1. The second kappa shape index (κ2) is 8.99. The number of hydrogen-bond donors (Lipinski definition) is 3. The predicted molar refractivity (Wildman–Crippen MR) is 95.1 cm³/mol. The van der Waals surface area contributed by atoms with Crippen molar-refractivity contribution < 1.29 is 14.6 Å². The Morgan fingerprint density at radius 1 is 1.24 bits per heavy atom. The lowest BCUT2D eigenvalue weighted by atomic mass is 10.1. The third-order valence-corrected chi connectivity index (χ3v) is 3.49. The van der Waals surface area contributed by atoms with Crippen molar-refractivity contribution >= 4 is 11.6 Å². The number of hydrogen-bond acceptors (Lipinski definition) is 5. The summed E-state index contributed by atoms with van der Waals surface area (Å²) in [4.78, 5) is 12.1. The molecule has 0 unspecified atom stereocenters. The van der Waals surface area contributed by atoms with Gasteiger partial charge >= 0.3 is 0 Å². The van der Waals surface area contributed by atoms with Crippen LogP contribution in [-0.4, -0.2) is 24.7 Å². The van der Waals surface area contributed by atoms with Crippen LogP contribution in [0.4, 0.5) is 5.69 Å². The first-order chi connectivity index (χ1) is 12.2. The first-order valence-corrected chi connectivity index (χ1v) is 7.70. The molecular formula is C19H19N3O3. The number of nitrogens with zero attached hydrogens (tertiary/aromatic N) is 1. The minimum absolute atomic E-state index is 0.0581. The molecule has 0 bridgehead atoms. The molecule has 0 aromatic heterocycles. The average molecular weight is 337 g/mol. The van der Waals surface area contributed by atoms with E-state index < -0.39 is 5.91 Å². The monoisotopic (exact) mass is 337 g/mol. The van der Waals surface area contributed by atoms with Crippen molar-refractivity contribution in [2.24, 2.45) is 0 Å². The van der Waals surface area contributed by atoms with Gasteiger partial charge < -0.3 is 20.5 Å². The Balaban J connectivity index is 1.93. The number of ether oxygens (including phenoxy) is 1. The number of nitrogens with one attached hydrogen (secondary N) is 2. The Hall–Kier alpha value is -3.46. The standard InChI is InChI=1S/C19H19N3O3/c1-25-18-9-5-2-6-14(18)10-11-21-13-15(12-20)19(24)22-16-7-3-4-8-17(16)23/h2-9,13,21,23H,10-11H2,1H3,(H,22,24)/b15-13-. The zero-order valence-corrected chi connectivity index (χ0v) is 13.8. The first kappa shape index (κ1) is 17.9. The van der Waals surface area contributed by atoms with Gasteiger partial charge in [0.05, 0.1) is 12.8 Å². The van der Waals surface area contributed by atoms with Crippen molar-refractivity contribution in [1.29, 1.82) is 5.26 Å². The van der Waals surface area contributed by atoms with Crippen LogP contribution in [0.25, 0.3) is 0 Å². The summed E-state index contributed by atoms with van der Waals surface area (Å²) in [5.74, 6) is 0.150. The minimum Gasteiger partial charge on any atom is -0.506 e. The number of carbonyl (C=O) groups is 1. The fraction of sp³-hybridized carbons (Fsp3) is 0.158. The molecule has 1 amide bonds.